The summed E-state index contributed by atoms with van der Waals surface area (Å²) in [5, 5.41) is 16.8. The van der Waals surface area contributed by atoms with Crippen molar-refractivity contribution in [2.24, 2.45) is 17.3 Å². The number of hydrogen-bond acceptors (Lipinski definition) is 10. The van der Waals surface area contributed by atoms with E-state index in [9.17, 15) is 29.1 Å². The monoisotopic (exact) mass is 1080 g/mol. The number of hydrogen-bond donors (Lipinski definition) is 3. The van der Waals surface area contributed by atoms with Crippen LogP contribution in [0.15, 0.2) is 67.3 Å². The molecule has 2 fully saturated rings. The summed E-state index contributed by atoms with van der Waals surface area (Å²) < 4.78 is 14.1. The number of rotatable bonds is 12. The molecule has 0 radical (unpaired) electrons. The standard InChI is InChI=1S/C54H71N7O8.4H2S/c1-11-47(63)59-21-19-37(30-59)51(65)58(9)48(33(3)4)50(64)55-45-25-35-23-38(26-40(62)24-35)36-16-18-46-42(27-36)43(28-54(5,6)32-69-53(67)44-14-13-20-61(56-44)52(45)66)49(60(46)12-2)41-17-15-34(31-68-10)22-39(41)29-57(7)8;;;;/h11,15-18,22-24,26-27,33,37,44-45,48,56,62H,1,12-14,19-21,25,28-32H2,2-10H3,(H,55,64);4*1H2/t37-,44-,45-,48-;;;;/m0..../s1. The van der Waals surface area contributed by atoms with Gasteiger partial charge in [-0.25, -0.2) is 5.43 Å². The maximum Gasteiger partial charge on any atom is 0.324 e. The van der Waals surface area contributed by atoms with Crippen LogP contribution in [-0.4, -0.2) is 132 Å². The summed E-state index contributed by atoms with van der Waals surface area (Å²) in [5.74, 6) is -2.83. The number of nitrogens with zero attached hydrogens (tertiary/aromatic N) is 5. The summed E-state index contributed by atoms with van der Waals surface area (Å²) >= 11 is 0. The van der Waals surface area contributed by atoms with Crippen molar-refractivity contribution in [1.82, 2.24) is 35.0 Å². The minimum absolute atomic E-state index is 0. The highest BCUT2D eigenvalue weighted by atomic mass is 32.1. The highest BCUT2D eigenvalue weighted by molar-refractivity contribution is 7.59. The van der Waals surface area contributed by atoms with Crippen LogP contribution in [0.5, 0.6) is 5.75 Å². The molecule has 6 bridgehead atoms. The SMILES string of the molecule is C=CC(=O)N1CC[C@H](C(=O)N(C)[C@H](C(=O)N[C@H]2Cc3cc(O)cc(c3)-c3ccc4c(c3)c(c(-c3ccc(COC)cc3CN(C)C)n4CC)CC(C)(C)COC(=O)[C@@H]3CCCN(N3)C2=O)C(C)C)C1.S.S.S.S. The average molecular weight is 1080 g/mol. The van der Waals surface area contributed by atoms with Crippen LogP contribution in [0.4, 0.5) is 0 Å². The zero-order valence-electron chi connectivity index (χ0n) is 43.9. The van der Waals surface area contributed by atoms with Gasteiger partial charge in [-0.2, -0.15) is 54.0 Å². The van der Waals surface area contributed by atoms with Gasteiger partial charge in [0.15, 0.2) is 0 Å². The molecule has 15 nitrogen and oxygen atoms in total. The van der Waals surface area contributed by atoms with Crippen molar-refractivity contribution in [1.29, 1.82) is 0 Å². The zero-order chi connectivity index (χ0) is 49.9. The Morgan fingerprint density at radius 2 is 1.71 bits per heavy atom. The number of likely N-dealkylation sites (N-methyl/N-ethyl adjacent to an activating group) is 1. The number of esters is 1. The molecule has 402 valence electrons. The van der Waals surface area contributed by atoms with Gasteiger partial charge < -0.3 is 39.2 Å². The Bertz CT molecular complexity index is 2620. The molecule has 0 saturated carbocycles. The molecule has 0 unspecified atom stereocenters. The van der Waals surface area contributed by atoms with Gasteiger partial charge >= 0.3 is 5.97 Å². The van der Waals surface area contributed by atoms with Gasteiger partial charge in [0, 0.05) is 75.2 Å². The first-order chi connectivity index (χ1) is 32.8. The fourth-order valence-corrected chi connectivity index (χ4v) is 10.5. The summed E-state index contributed by atoms with van der Waals surface area (Å²) in [6.45, 7) is 16.5. The second kappa shape index (κ2) is 26.7. The zero-order valence-corrected chi connectivity index (χ0v) is 47.9. The van der Waals surface area contributed by atoms with Gasteiger partial charge in [-0.3, -0.25) is 29.0 Å². The molecule has 2 saturated heterocycles. The lowest BCUT2D eigenvalue weighted by Gasteiger charge is -2.37. The van der Waals surface area contributed by atoms with E-state index in [0.717, 1.165) is 50.0 Å². The molecule has 3 aliphatic rings. The first-order valence-electron chi connectivity index (χ1n) is 24.3. The van der Waals surface area contributed by atoms with E-state index >= 15 is 0 Å². The van der Waals surface area contributed by atoms with Crippen LogP contribution in [0.1, 0.15) is 76.1 Å². The second-order valence-electron chi connectivity index (χ2n) is 20.5. The van der Waals surface area contributed by atoms with E-state index in [2.05, 4.69) is 92.0 Å². The number of carbonyl (C=O) groups excluding carboxylic acids is 5. The fourth-order valence-electron chi connectivity index (χ4n) is 10.5. The molecule has 4 amide bonds. The van der Waals surface area contributed by atoms with E-state index in [4.69, 9.17) is 9.47 Å². The Morgan fingerprint density at radius 3 is 2.37 bits per heavy atom. The highest BCUT2D eigenvalue weighted by Gasteiger charge is 2.40. The van der Waals surface area contributed by atoms with Gasteiger partial charge in [0.1, 0.15) is 23.9 Å². The Kier molecular flexibility index (Phi) is 22.9. The lowest BCUT2D eigenvalue weighted by Crippen LogP contribution is -2.62. The molecule has 4 heterocycles. The van der Waals surface area contributed by atoms with Crippen molar-refractivity contribution < 1.29 is 38.6 Å². The summed E-state index contributed by atoms with van der Waals surface area (Å²) in [6, 6.07) is 15.2. The predicted octanol–water partition coefficient (Wildman–Crippen LogP) is 6.53. The van der Waals surface area contributed by atoms with E-state index in [1.165, 1.54) is 16.0 Å². The Labute approximate surface area is 459 Å². The number of phenolic OH excluding ortho intramolecular Hbond substituents is 1. The number of carbonyl (C=O) groups is 5. The topological polar surface area (TPSA) is 166 Å². The molecule has 3 aliphatic heterocycles. The number of ether oxygens (including phenoxy) is 2. The molecule has 0 spiro atoms. The third-order valence-corrected chi connectivity index (χ3v) is 13.8. The average Bonchev–Trinajstić information content (AvgIpc) is 3.92. The van der Waals surface area contributed by atoms with Crippen molar-refractivity contribution in [3.63, 3.8) is 0 Å². The maximum absolute atomic E-state index is 14.8. The number of methoxy groups -OCH3 is 1. The quantitative estimate of drug-likeness (QED) is 0.105. The summed E-state index contributed by atoms with van der Waals surface area (Å²) in [7, 11) is 7.41. The summed E-state index contributed by atoms with van der Waals surface area (Å²) in [4.78, 5) is 74.8. The number of benzene rings is 3. The molecule has 7 rings (SSSR count). The van der Waals surface area contributed by atoms with E-state index in [1.54, 1.807) is 31.2 Å². The smallest absolute Gasteiger partial charge is 0.324 e. The van der Waals surface area contributed by atoms with Crippen molar-refractivity contribution >= 4 is 94.5 Å². The molecular weight excluding hydrogens is 1000 g/mol. The molecule has 0 aliphatic carbocycles. The number of aromatic hydroxyl groups is 1. The first-order valence-corrected chi connectivity index (χ1v) is 24.3. The van der Waals surface area contributed by atoms with E-state index in [0.29, 0.717) is 57.5 Å². The Balaban J connectivity index is 0.00000352. The number of likely N-dealkylation sites (tertiary alicyclic amines) is 1. The fraction of sp³-hybridized carbons (Fsp3) is 0.500. The number of amides is 4. The number of nitrogens with one attached hydrogen (secondary N) is 2. The lowest BCUT2D eigenvalue weighted by molar-refractivity contribution is -0.155. The minimum atomic E-state index is -1.16. The van der Waals surface area contributed by atoms with Crippen molar-refractivity contribution in [3.05, 3.63) is 89.5 Å². The van der Waals surface area contributed by atoms with E-state index in [1.807, 2.05) is 26.0 Å². The van der Waals surface area contributed by atoms with Crippen LogP contribution in [0.2, 0.25) is 0 Å². The number of phenols is 1. The lowest BCUT2D eigenvalue weighted by atomic mass is 9.83. The largest absolute Gasteiger partial charge is 0.508 e. The molecule has 4 atom stereocenters. The maximum atomic E-state index is 14.8. The van der Waals surface area contributed by atoms with Crippen molar-refractivity contribution in [2.75, 3.05) is 54.5 Å². The van der Waals surface area contributed by atoms with Gasteiger partial charge in [0.2, 0.25) is 17.7 Å². The summed E-state index contributed by atoms with van der Waals surface area (Å²) in [5.41, 5.74) is 11.4. The van der Waals surface area contributed by atoms with Gasteiger partial charge in [-0.05, 0) is 116 Å². The molecule has 73 heavy (non-hydrogen) atoms. The van der Waals surface area contributed by atoms with E-state index < -0.39 is 47.2 Å². The van der Waals surface area contributed by atoms with Gasteiger partial charge in [0.05, 0.1) is 24.8 Å². The number of aryl methyl sites for hydroxylation is 1. The molecule has 1 aromatic heterocycles. The van der Waals surface area contributed by atoms with Crippen molar-refractivity contribution in [3.8, 4) is 28.1 Å². The first kappa shape index (κ1) is 62.7. The van der Waals surface area contributed by atoms with Crippen LogP contribution in [0, 0.1) is 17.3 Å². The number of fused-ring (bicyclic) bond motifs is 6. The third-order valence-electron chi connectivity index (χ3n) is 13.8. The van der Waals surface area contributed by atoms with Crippen LogP contribution in [0.25, 0.3) is 33.3 Å². The molecule has 3 aromatic carbocycles. The van der Waals surface area contributed by atoms with Crippen LogP contribution in [-0.2, 0) is 66.0 Å². The molecule has 4 aromatic rings. The minimum Gasteiger partial charge on any atom is -0.508 e. The summed E-state index contributed by atoms with van der Waals surface area (Å²) in [6.07, 6.45) is 3.21. The van der Waals surface area contributed by atoms with E-state index in [-0.39, 0.29) is 104 Å². The van der Waals surface area contributed by atoms with Gasteiger partial charge in [-0.15, -0.1) is 0 Å². The Hall–Kier alpha value is -4.63. The van der Waals surface area contributed by atoms with Gasteiger partial charge in [-0.1, -0.05) is 64.6 Å². The van der Waals surface area contributed by atoms with Crippen LogP contribution < -0.4 is 10.7 Å². The second-order valence-corrected chi connectivity index (χ2v) is 20.5. The van der Waals surface area contributed by atoms with Crippen LogP contribution in [0.3, 0.4) is 0 Å². The predicted molar refractivity (Wildman–Crippen MR) is 308 cm³/mol. The molecular formula is C54H79N7O8S4. The number of aromatic nitrogens is 1. The molecule has 19 heteroatoms. The Morgan fingerprint density at radius 1 is 0.986 bits per heavy atom. The van der Waals surface area contributed by atoms with Crippen molar-refractivity contribution in [2.45, 2.75) is 105 Å². The van der Waals surface area contributed by atoms with Gasteiger partial charge in [0.25, 0.3) is 5.91 Å². The third kappa shape index (κ3) is 14.2. The highest BCUT2D eigenvalue weighted by Crippen LogP contribution is 2.42. The normalized spacial score (nSPS) is 19.1. The molecule has 3 N–H and O–H groups in total. The van der Waals surface area contributed by atoms with Crippen LogP contribution >= 0.6 is 54.0 Å². The number of hydrazine groups is 1. The number of cyclic esters (lactones) is 1.